The normalized spacial score (nSPS) is 13.2. The van der Waals surface area contributed by atoms with Crippen molar-refractivity contribution in [2.75, 3.05) is 14.2 Å². The highest BCUT2D eigenvalue weighted by atomic mass is 16.5. The molecule has 8 heteroatoms. The number of aliphatic hydroxyl groups is 1. The Morgan fingerprint density at radius 1 is 1.21 bits per heavy atom. The predicted octanol–water partition coefficient (Wildman–Crippen LogP) is 1.41. The van der Waals surface area contributed by atoms with Gasteiger partial charge in [0.2, 0.25) is 5.91 Å². The van der Waals surface area contributed by atoms with Crippen molar-refractivity contribution < 1.29 is 28.6 Å². The maximum atomic E-state index is 12.2. The Labute approximate surface area is 162 Å². The Kier molecular flexibility index (Phi) is 7.17. The summed E-state index contributed by atoms with van der Waals surface area (Å²) in [5.74, 6) is -0.726. The van der Waals surface area contributed by atoms with Gasteiger partial charge in [0.15, 0.2) is 0 Å². The van der Waals surface area contributed by atoms with Gasteiger partial charge in [-0.3, -0.25) is 4.79 Å². The Bertz CT molecular complexity index is 903. The number of carbonyl (C=O) groups excluding carboxylic acids is 2. The fourth-order valence-corrected chi connectivity index (χ4v) is 2.88. The summed E-state index contributed by atoms with van der Waals surface area (Å²) in [6.45, 7) is 3.75. The number of nitrogens with one attached hydrogen (secondary N) is 1. The molecule has 1 aromatic carbocycles. The van der Waals surface area contributed by atoms with Gasteiger partial charge >= 0.3 is 11.6 Å². The lowest BCUT2D eigenvalue weighted by atomic mass is 10.0. The summed E-state index contributed by atoms with van der Waals surface area (Å²) in [5, 5.41) is 13.1. The highest BCUT2D eigenvalue weighted by Crippen LogP contribution is 2.23. The van der Waals surface area contributed by atoms with Crippen molar-refractivity contribution in [2.45, 2.75) is 38.8 Å². The van der Waals surface area contributed by atoms with Crippen molar-refractivity contribution in [1.82, 2.24) is 5.32 Å². The molecule has 0 aliphatic rings. The van der Waals surface area contributed by atoms with E-state index in [2.05, 4.69) is 5.32 Å². The number of esters is 1. The standard InChI is InChI=1S/C20H25NO7/c1-11(2)7-16(22)19(24)21-15(20(25)27-4)8-12-9-18(23)28-17-10-13(26-3)5-6-14(12)17/h5-6,9-11,15-16,22H,7-8H2,1-4H3,(H,21,24)/t15-,16+/m1/s1. The third kappa shape index (κ3) is 5.32. The van der Waals surface area contributed by atoms with Crippen molar-refractivity contribution in [2.24, 2.45) is 5.92 Å². The Balaban J connectivity index is 2.33. The third-order valence-electron chi connectivity index (χ3n) is 4.26. The van der Waals surface area contributed by atoms with Crippen LogP contribution in [0.15, 0.2) is 33.5 Å². The topological polar surface area (TPSA) is 115 Å². The minimum Gasteiger partial charge on any atom is -0.497 e. The van der Waals surface area contributed by atoms with Crippen LogP contribution in [0.1, 0.15) is 25.8 Å². The monoisotopic (exact) mass is 391 g/mol. The van der Waals surface area contributed by atoms with Crippen LogP contribution in [0, 0.1) is 5.92 Å². The highest BCUT2D eigenvalue weighted by Gasteiger charge is 2.26. The number of hydrogen-bond acceptors (Lipinski definition) is 7. The first kappa shape index (κ1) is 21.4. The molecule has 0 aliphatic heterocycles. The van der Waals surface area contributed by atoms with Crippen LogP contribution in [0.25, 0.3) is 11.0 Å². The van der Waals surface area contributed by atoms with Crippen LogP contribution in [-0.4, -0.2) is 43.3 Å². The van der Waals surface area contributed by atoms with E-state index < -0.39 is 29.6 Å². The summed E-state index contributed by atoms with van der Waals surface area (Å²) in [6.07, 6.45) is -0.979. The van der Waals surface area contributed by atoms with E-state index in [0.717, 1.165) is 0 Å². The van der Waals surface area contributed by atoms with Gasteiger partial charge in [0.1, 0.15) is 23.5 Å². The summed E-state index contributed by atoms with van der Waals surface area (Å²) in [5.41, 5.74) is 0.213. The second kappa shape index (κ2) is 9.36. The third-order valence-corrected chi connectivity index (χ3v) is 4.26. The molecular weight excluding hydrogens is 366 g/mol. The number of benzene rings is 1. The molecule has 0 spiro atoms. The molecule has 2 atom stereocenters. The van der Waals surface area contributed by atoms with Crippen LogP contribution in [-0.2, 0) is 20.7 Å². The zero-order chi connectivity index (χ0) is 20.8. The molecule has 1 amide bonds. The molecule has 152 valence electrons. The maximum Gasteiger partial charge on any atom is 0.336 e. The Morgan fingerprint density at radius 2 is 1.93 bits per heavy atom. The molecule has 1 aromatic heterocycles. The number of rotatable bonds is 8. The van der Waals surface area contributed by atoms with Gasteiger partial charge in [-0.15, -0.1) is 0 Å². The van der Waals surface area contributed by atoms with Crippen LogP contribution in [0.5, 0.6) is 5.75 Å². The number of fused-ring (bicyclic) bond motifs is 1. The van der Waals surface area contributed by atoms with Crippen molar-refractivity contribution in [3.63, 3.8) is 0 Å². The van der Waals surface area contributed by atoms with Gasteiger partial charge in [-0.25, -0.2) is 9.59 Å². The molecule has 2 rings (SSSR count). The molecule has 8 nitrogen and oxygen atoms in total. The van der Waals surface area contributed by atoms with Gasteiger partial charge in [-0.05, 0) is 30.0 Å². The zero-order valence-electron chi connectivity index (χ0n) is 16.4. The van der Waals surface area contributed by atoms with E-state index in [1.165, 1.54) is 20.3 Å². The van der Waals surface area contributed by atoms with Gasteiger partial charge in [0.25, 0.3) is 0 Å². The predicted molar refractivity (Wildman–Crippen MR) is 102 cm³/mol. The van der Waals surface area contributed by atoms with Crippen LogP contribution in [0.3, 0.4) is 0 Å². The maximum absolute atomic E-state index is 12.2. The molecular formula is C20H25NO7. The van der Waals surface area contributed by atoms with Crippen LogP contribution < -0.4 is 15.7 Å². The highest BCUT2D eigenvalue weighted by molar-refractivity contribution is 5.88. The summed E-state index contributed by atoms with van der Waals surface area (Å²) in [6, 6.07) is 5.17. The fraction of sp³-hybridized carbons (Fsp3) is 0.450. The Hall–Kier alpha value is -2.87. The van der Waals surface area contributed by atoms with Crippen LogP contribution >= 0.6 is 0 Å². The van der Waals surface area contributed by atoms with E-state index in [9.17, 15) is 19.5 Å². The van der Waals surface area contributed by atoms with Crippen molar-refractivity contribution in [3.8, 4) is 5.75 Å². The number of ether oxygens (including phenoxy) is 2. The molecule has 28 heavy (non-hydrogen) atoms. The van der Waals surface area contributed by atoms with Crippen LogP contribution in [0.4, 0.5) is 0 Å². The molecule has 0 saturated heterocycles. The zero-order valence-corrected chi connectivity index (χ0v) is 16.4. The average molecular weight is 391 g/mol. The SMILES string of the molecule is COC(=O)[C@@H](Cc1cc(=O)oc2cc(OC)ccc12)NC(=O)[C@@H](O)CC(C)C. The van der Waals surface area contributed by atoms with E-state index >= 15 is 0 Å². The molecule has 2 aromatic rings. The molecule has 0 saturated carbocycles. The number of amides is 1. The average Bonchev–Trinajstić information content (AvgIpc) is 2.65. The van der Waals surface area contributed by atoms with Gasteiger partial charge in [0, 0.05) is 23.9 Å². The summed E-state index contributed by atoms with van der Waals surface area (Å²) < 4.78 is 15.1. The lowest BCUT2D eigenvalue weighted by molar-refractivity contribution is -0.146. The summed E-state index contributed by atoms with van der Waals surface area (Å²) in [7, 11) is 2.70. The van der Waals surface area contributed by atoms with E-state index in [0.29, 0.717) is 22.3 Å². The van der Waals surface area contributed by atoms with E-state index in [1.807, 2.05) is 13.8 Å². The number of carbonyl (C=O) groups is 2. The lowest BCUT2D eigenvalue weighted by Crippen LogP contribution is -2.47. The quantitative estimate of drug-likeness (QED) is 0.516. The van der Waals surface area contributed by atoms with Gasteiger partial charge in [0.05, 0.1) is 14.2 Å². The van der Waals surface area contributed by atoms with E-state index in [4.69, 9.17) is 13.9 Å². The molecule has 0 radical (unpaired) electrons. The smallest absolute Gasteiger partial charge is 0.336 e. The minimum atomic E-state index is -1.24. The summed E-state index contributed by atoms with van der Waals surface area (Å²) >= 11 is 0. The number of hydrogen-bond donors (Lipinski definition) is 2. The Morgan fingerprint density at radius 3 is 2.54 bits per heavy atom. The van der Waals surface area contributed by atoms with E-state index in [-0.39, 0.29) is 18.8 Å². The number of aliphatic hydroxyl groups excluding tert-OH is 1. The first-order valence-corrected chi connectivity index (χ1v) is 8.92. The molecule has 0 aliphatic carbocycles. The summed E-state index contributed by atoms with van der Waals surface area (Å²) in [4.78, 5) is 36.4. The largest absolute Gasteiger partial charge is 0.497 e. The molecule has 0 unspecified atom stereocenters. The molecule has 2 N–H and O–H groups in total. The van der Waals surface area contributed by atoms with Gasteiger partial charge < -0.3 is 24.3 Å². The molecule has 0 bridgehead atoms. The first-order valence-electron chi connectivity index (χ1n) is 8.92. The first-order chi connectivity index (χ1) is 13.2. The molecule has 0 fully saturated rings. The van der Waals surface area contributed by atoms with Gasteiger partial charge in [-0.2, -0.15) is 0 Å². The van der Waals surface area contributed by atoms with Crippen LogP contribution in [0.2, 0.25) is 0 Å². The van der Waals surface area contributed by atoms with E-state index in [1.54, 1.807) is 18.2 Å². The number of methoxy groups -OCH3 is 2. The molecule has 1 heterocycles. The van der Waals surface area contributed by atoms with Gasteiger partial charge in [-0.1, -0.05) is 13.8 Å². The minimum absolute atomic E-state index is 0.00123. The van der Waals surface area contributed by atoms with Crippen molar-refractivity contribution >= 4 is 22.8 Å². The second-order valence-electron chi connectivity index (χ2n) is 6.89. The lowest BCUT2D eigenvalue weighted by Gasteiger charge is -2.20. The fourth-order valence-electron chi connectivity index (χ4n) is 2.88. The van der Waals surface area contributed by atoms with Crippen molar-refractivity contribution in [3.05, 3.63) is 40.2 Å². The second-order valence-corrected chi connectivity index (χ2v) is 6.89. The van der Waals surface area contributed by atoms with Crippen molar-refractivity contribution in [1.29, 1.82) is 0 Å².